The number of H-pyrrole nitrogens is 2. The summed E-state index contributed by atoms with van der Waals surface area (Å²) in [7, 11) is 1.63. The van der Waals surface area contributed by atoms with Crippen molar-refractivity contribution >= 4 is 33.6 Å². The molecule has 4 N–H and O–H groups in total. The van der Waals surface area contributed by atoms with E-state index in [1.165, 1.54) is 12.1 Å². The minimum atomic E-state index is -0.345. The quantitative estimate of drug-likeness (QED) is 0.260. The van der Waals surface area contributed by atoms with Crippen LogP contribution in [-0.4, -0.2) is 42.0 Å². The number of carbonyl (C=O) groups excluding carboxylic acids is 2. The largest absolute Gasteiger partial charge is 0.497 e. The normalized spacial score (nSPS) is 11.1. The van der Waals surface area contributed by atoms with Crippen molar-refractivity contribution in [3.05, 3.63) is 90.0 Å². The maximum atomic E-state index is 13.3. The molecule has 0 saturated carbocycles. The zero-order valence-electron chi connectivity index (χ0n) is 19.7. The molecule has 3 aromatic carbocycles. The van der Waals surface area contributed by atoms with Crippen molar-refractivity contribution in [1.82, 2.24) is 20.6 Å². The number of aromatic amines is 2. The average Bonchev–Trinajstić information content (AvgIpc) is 3.51. The second-order valence-electron chi connectivity index (χ2n) is 8.48. The van der Waals surface area contributed by atoms with Gasteiger partial charge in [0, 0.05) is 51.9 Å². The van der Waals surface area contributed by atoms with E-state index in [2.05, 4.69) is 20.6 Å². The predicted molar refractivity (Wildman–Crippen MR) is 138 cm³/mol. The summed E-state index contributed by atoms with van der Waals surface area (Å²) >= 11 is 0. The van der Waals surface area contributed by atoms with E-state index in [4.69, 9.17) is 4.74 Å². The van der Waals surface area contributed by atoms with Crippen LogP contribution in [0.2, 0.25) is 0 Å². The molecule has 0 aliphatic heterocycles. The fourth-order valence-corrected chi connectivity index (χ4v) is 4.28. The highest BCUT2D eigenvalue weighted by molar-refractivity contribution is 6.03. The highest BCUT2D eigenvalue weighted by Crippen LogP contribution is 2.29. The van der Waals surface area contributed by atoms with Gasteiger partial charge in [-0.1, -0.05) is 12.1 Å². The zero-order chi connectivity index (χ0) is 25.1. The lowest BCUT2D eigenvalue weighted by Crippen LogP contribution is -2.37. The SMILES string of the molecule is COc1ccc2[nH]cc(CCNC(=O)CNC(=O)c3ccc4[nH]cc(-c5ccc(F)cc5)c4c3)c2c1. The summed E-state index contributed by atoms with van der Waals surface area (Å²) in [5.74, 6) is -0.145. The predicted octanol–water partition coefficient (Wildman–Crippen LogP) is 4.55. The second-order valence-corrected chi connectivity index (χ2v) is 8.48. The van der Waals surface area contributed by atoms with Crippen molar-refractivity contribution in [1.29, 1.82) is 0 Å². The van der Waals surface area contributed by atoms with Crippen LogP contribution in [0.5, 0.6) is 5.75 Å². The molecule has 8 heteroatoms. The minimum Gasteiger partial charge on any atom is -0.497 e. The van der Waals surface area contributed by atoms with Crippen molar-refractivity contribution in [3.63, 3.8) is 0 Å². The number of nitrogens with one attached hydrogen (secondary N) is 4. The highest BCUT2D eigenvalue weighted by atomic mass is 19.1. The van der Waals surface area contributed by atoms with E-state index >= 15 is 0 Å². The number of amides is 2. The third kappa shape index (κ3) is 4.79. The fourth-order valence-electron chi connectivity index (χ4n) is 4.28. The van der Waals surface area contributed by atoms with Crippen molar-refractivity contribution in [2.24, 2.45) is 0 Å². The molecule has 5 aromatic rings. The Morgan fingerprint density at radius 3 is 2.44 bits per heavy atom. The highest BCUT2D eigenvalue weighted by Gasteiger charge is 2.13. The van der Waals surface area contributed by atoms with E-state index in [1.54, 1.807) is 31.4 Å². The molecule has 0 unspecified atom stereocenters. The van der Waals surface area contributed by atoms with Crippen molar-refractivity contribution in [2.75, 3.05) is 20.2 Å². The van der Waals surface area contributed by atoms with Crippen LogP contribution in [0.4, 0.5) is 4.39 Å². The lowest BCUT2D eigenvalue weighted by Gasteiger charge is -2.08. The summed E-state index contributed by atoms with van der Waals surface area (Å²) in [6, 6.07) is 17.3. The van der Waals surface area contributed by atoms with E-state index in [-0.39, 0.29) is 24.2 Å². The Bertz CT molecular complexity index is 1550. The Hall–Kier alpha value is -4.59. The summed E-state index contributed by atoms with van der Waals surface area (Å²) in [5.41, 5.74) is 5.08. The molecule has 182 valence electrons. The Morgan fingerprint density at radius 2 is 1.64 bits per heavy atom. The van der Waals surface area contributed by atoms with Gasteiger partial charge in [0.05, 0.1) is 13.7 Å². The standard InChI is InChI=1S/C28H25FN4O3/c1-36-21-7-9-25-22(13-21)19(14-31-25)10-11-30-27(34)16-33-28(35)18-4-8-26-23(12-18)24(15-32-26)17-2-5-20(29)6-3-17/h2-9,12-15,31-32H,10-11,16H2,1H3,(H,30,34)(H,33,35). The summed E-state index contributed by atoms with van der Waals surface area (Å²) in [6.45, 7) is 0.311. The fraction of sp³-hybridized carbons (Fsp3) is 0.143. The van der Waals surface area contributed by atoms with Gasteiger partial charge in [-0.2, -0.15) is 0 Å². The van der Waals surface area contributed by atoms with Gasteiger partial charge in [0.2, 0.25) is 5.91 Å². The molecule has 0 aliphatic rings. The molecule has 0 atom stereocenters. The van der Waals surface area contributed by atoms with Crippen LogP contribution in [-0.2, 0) is 11.2 Å². The molecular weight excluding hydrogens is 459 g/mol. The lowest BCUT2D eigenvalue weighted by molar-refractivity contribution is -0.120. The number of hydrogen-bond acceptors (Lipinski definition) is 3. The van der Waals surface area contributed by atoms with Crippen molar-refractivity contribution in [2.45, 2.75) is 6.42 Å². The molecule has 7 nitrogen and oxygen atoms in total. The van der Waals surface area contributed by atoms with Crippen LogP contribution in [0.15, 0.2) is 73.1 Å². The van der Waals surface area contributed by atoms with E-state index in [0.29, 0.717) is 18.5 Å². The molecule has 2 aromatic heterocycles. The molecule has 0 spiro atoms. The van der Waals surface area contributed by atoms with Crippen LogP contribution < -0.4 is 15.4 Å². The maximum absolute atomic E-state index is 13.3. The van der Waals surface area contributed by atoms with Gasteiger partial charge in [-0.15, -0.1) is 0 Å². The van der Waals surface area contributed by atoms with Crippen LogP contribution in [0.25, 0.3) is 32.9 Å². The van der Waals surface area contributed by atoms with Gasteiger partial charge in [0.1, 0.15) is 11.6 Å². The number of carbonyl (C=O) groups is 2. The van der Waals surface area contributed by atoms with Crippen LogP contribution >= 0.6 is 0 Å². The third-order valence-corrected chi connectivity index (χ3v) is 6.20. The number of fused-ring (bicyclic) bond motifs is 2. The lowest BCUT2D eigenvalue weighted by atomic mass is 10.0. The smallest absolute Gasteiger partial charge is 0.251 e. The Morgan fingerprint density at radius 1 is 0.889 bits per heavy atom. The van der Waals surface area contributed by atoms with E-state index < -0.39 is 0 Å². The monoisotopic (exact) mass is 484 g/mol. The Balaban J connectivity index is 1.18. The molecule has 2 amide bonds. The number of ether oxygens (including phenoxy) is 1. The molecule has 2 heterocycles. The van der Waals surface area contributed by atoms with Crippen LogP contribution in [0, 0.1) is 5.82 Å². The number of halogens is 1. The van der Waals surface area contributed by atoms with Gasteiger partial charge in [0.15, 0.2) is 0 Å². The van der Waals surface area contributed by atoms with E-state index in [1.807, 2.05) is 36.7 Å². The van der Waals surface area contributed by atoms with Crippen molar-refractivity contribution < 1.29 is 18.7 Å². The summed E-state index contributed by atoms with van der Waals surface area (Å²) in [4.78, 5) is 31.4. The van der Waals surface area contributed by atoms with Crippen LogP contribution in [0.3, 0.4) is 0 Å². The number of aromatic nitrogens is 2. The average molecular weight is 485 g/mol. The topological polar surface area (TPSA) is 99.0 Å². The van der Waals surface area contributed by atoms with Gasteiger partial charge in [0.25, 0.3) is 5.91 Å². The van der Waals surface area contributed by atoms with Gasteiger partial charge in [-0.05, 0) is 66.1 Å². The first-order valence-corrected chi connectivity index (χ1v) is 11.6. The van der Waals surface area contributed by atoms with Gasteiger partial charge in [-0.3, -0.25) is 9.59 Å². The molecule has 0 radical (unpaired) electrons. The Kier molecular flexibility index (Phi) is 6.40. The molecule has 0 bridgehead atoms. The van der Waals surface area contributed by atoms with Crippen molar-refractivity contribution in [3.8, 4) is 16.9 Å². The number of methoxy groups -OCH3 is 1. The molecule has 0 fully saturated rings. The van der Waals surface area contributed by atoms with Crippen LogP contribution in [0.1, 0.15) is 15.9 Å². The molecule has 36 heavy (non-hydrogen) atoms. The van der Waals surface area contributed by atoms with E-state index in [0.717, 1.165) is 44.2 Å². The molecule has 0 aliphatic carbocycles. The maximum Gasteiger partial charge on any atom is 0.251 e. The Labute approximate surface area is 206 Å². The summed E-state index contributed by atoms with van der Waals surface area (Å²) in [6.07, 6.45) is 4.40. The first kappa shape index (κ1) is 23.2. The number of rotatable bonds is 8. The first-order valence-electron chi connectivity index (χ1n) is 11.6. The number of benzene rings is 3. The van der Waals surface area contributed by atoms with Gasteiger partial charge >= 0.3 is 0 Å². The third-order valence-electron chi connectivity index (χ3n) is 6.20. The number of hydrogen-bond donors (Lipinski definition) is 4. The summed E-state index contributed by atoms with van der Waals surface area (Å²) in [5, 5.41) is 7.42. The second kappa shape index (κ2) is 9.95. The van der Waals surface area contributed by atoms with Gasteiger partial charge < -0.3 is 25.3 Å². The molecule has 5 rings (SSSR count). The molecular formula is C28H25FN4O3. The summed E-state index contributed by atoms with van der Waals surface area (Å²) < 4.78 is 18.6. The van der Waals surface area contributed by atoms with Gasteiger partial charge in [-0.25, -0.2) is 4.39 Å². The zero-order valence-corrected chi connectivity index (χ0v) is 19.7. The first-order chi connectivity index (χ1) is 17.5. The van der Waals surface area contributed by atoms with E-state index in [9.17, 15) is 14.0 Å². The minimum absolute atomic E-state index is 0.128. The molecule has 0 saturated heterocycles.